The summed E-state index contributed by atoms with van der Waals surface area (Å²) in [6.45, 7) is 4.12. The maximum atomic E-state index is 9.80. The van der Waals surface area contributed by atoms with Gasteiger partial charge in [0.15, 0.2) is 0 Å². The number of aliphatic hydroxyl groups excluding tert-OH is 1. The molecule has 0 bridgehead atoms. The summed E-state index contributed by atoms with van der Waals surface area (Å²) >= 11 is 0. The van der Waals surface area contributed by atoms with Crippen molar-refractivity contribution < 1.29 is 5.11 Å². The third kappa shape index (κ3) is 5.53. The average Bonchev–Trinajstić information content (AvgIpc) is 2.31. The van der Waals surface area contributed by atoms with Crippen molar-refractivity contribution >= 4 is 0 Å². The van der Waals surface area contributed by atoms with Crippen LogP contribution in [0.3, 0.4) is 0 Å². The van der Waals surface area contributed by atoms with Crippen LogP contribution in [0.5, 0.6) is 0 Å². The lowest BCUT2D eigenvalue weighted by Gasteiger charge is -2.24. The Morgan fingerprint density at radius 1 is 0.933 bits per heavy atom. The van der Waals surface area contributed by atoms with Crippen molar-refractivity contribution in [2.75, 3.05) is 0 Å². The van der Waals surface area contributed by atoms with Gasteiger partial charge < -0.3 is 5.11 Å². The van der Waals surface area contributed by atoms with Crippen LogP contribution in [0.1, 0.15) is 65.2 Å². The van der Waals surface area contributed by atoms with Crippen LogP contribution < -0.4 is 5.32 Å². The lowest BCUT2D eigenvalue weighted by atomic mass is 10.0. The van der Waals surface area contributed by atoms with Gasteiger partial charge in [0.05, 0.1) is 0 Å². The molecule has 2 nitrogen and oxygen atoms in total. The average molecular weight is 213 g/mol. The smallest absolute Gasteiger partial charge is 0.107 e. The molecule has 0 saturated heterocycles. The molecule has 2 heteroatoms. The quantitative estimate of drug-likeness (QED) is 0.706. The van der Waals surface area contributed by atoms with Gasteiger partial charge in [-0.25, -0.2) is 0 Å². The molecule has 0 aliphatic heterocycles. The van der Waals surface area contributed by atoms with Gasteiger partial charge in [-0.1, -0.05) is 52.4 Å². The van der Waals surface area contributed by atoms with Gasteiger partial charge in [0.2, 0.25) is 0 Å². The van der Waals surface area contributed by atoms with Gasteiger partial charge in [0, 0.05) is 6.04 Å². The Balaban J connectivity index is 2.29. The second-order valence-electron chi connectivity index (χ2n) is 5.25. The number of hydrogen-bond donors (Lipinski definition) is 2. The summed E-state index contributed by atoms with van der Waals surface area (Å²) in [6, 6.07) is 0.542. The molecule has 1 atom stereocenters. The summed E-state index contributed by atoms with van der Waals surface area (Å²) in [5, 5.41) is 13.2. The Kier molecular flexibility index (Phi) is 6.26. The van der Waals surface area contributed by atoms with Crippen molar-refractivity contribution in [1.82, 2.24) is 5.32 Å². The van der Waals surface area contributed by atoms with Gasteiger partial charge in [-0.2, -0.15) is 0 Å². The molecule has 0 aromatic carbocycles. The minimum atomic E-state index is -0.323. The van der Waals surface area contributed by atoms with E-state index in [1.165, 1.54) is 51.4 Å². The monoisotopic (exact) mass is 213 g/mol. The topological polar surface area (TPSA) is 32.3 Å². The van der Waals surface area contributed by atoms with E-state index in [0.29, 0.717) is 12.0 Å². The van der Waals surface area contributed by atoms with Gasteiger partial charge in [0.1, 0.15) is 6.23 Å². The van der Waals surface area contributed by atoms with Crippen LogP contribution >= 0.6 is 0 Å². The fourth-order valence-corrected chi connectivity index (χ4v) is 2.23. The van der Waals surface area contributed by atoms with Crippen LogP contribution in [0.15, 0.2) is 0 Å². The lowest BCUT2D eigenvalue weighted by molar-refractivity contribution is 0.0741. The Hall–Kier alpha value is -0.0800. The van der Waals surface area contributed by atoms with E-state index < -0.39 is 0 Å². The van der Waals surface area contributed by atoms with Crippen molar-refractivity contribution in [3.05, 3.63) is 0 Å². The van der Waals surface area contributed by atoms with E-state index in [-0.39, 0.29) is 6.23 Å². The first-order valence-electron chi connectivity index (χ1n) is 6.64. The Bertz CT molecular complexity index is 149. The predicted molar refractivity (Wildman–Crippen MR) is 64.7 cm³/mol. The fraction of sp³-hybridized carbons (Fsp3) is 1.00. The van der Waals surface area contributed by atoms with Crippen LogP contribution in [0, 0.1) is 5.92 Å². The summed E-state index contributed by atoms with van der Waals surface area (Å²) in [7, 11) is 0. The molecule has 1 fully saturated rings. The van der Waals surface area contributed by atoms with Crippen molar-refractivity contribution in [3.63, 3.8) is 0 Å². The number of nitrogens with one attached hydrogen (secondary N) is 1. The minimum absolute atomic E-state index is 0.317. The zero-order chi connectivity index (χ0) is 11.1. The van der Waals surface area contributed by atoms with Gasteiger partial charge in [-0.3, -0.25) is 5.32 Å². The molecule has 90 valence electrons. The standard InChI is InChI=1S/C13H27NO/c1-11(2)13(15)14-12-9-7-5-3-4-6-8-10-12/h11-15H,3-10H2,1-2H3. The molecule has 0 radical (unpaired) electrons. The van der Waals surface area contributed by atoms with Crippen molar-refractivity contribution in [2.45, 2.75) is 77.5 Å². The molecular weight excluding hydrogens is 186 g/mol. The Labute approximate surface area is 94.5 Å². The van der Waals surface area contributed by atoms with Crippen LogP contribution in [-0.4, -0.2) is 17.4 Å². The largest absolute Gasteiger partial charge is 0.378 e. The van der Waals surface area contributed by atoms with Crippen LogP contribution in [0.4, 0.5) is 0 Å². The molecule has 1 unspecified atom stereocenters. The van der Waals surface area contributed by atoms with E-state index in [9.17, 15) is 5.11 Å². The van der Waals surface area contributed by atoms with Gasteiger partial charge >= 0.3 is 0 Å². The SMILES string of the molecule is CC(C)C(O)NC1CCCCCCCC1. The first-order chi connectivity index (χ1) is 7.20. The third-order valence-electron chi connectivity index (χ3n) is 3.39. The Morgan fingerprint density at radius 2 is 1.40 bits per heavy atom. The molecule has 1 aliphatic rings. The summed E-state index contributed by atoms with van der Waals surface area (Å²) in [5.41, 5.74) is 0. The molecule has 1 aliphatic carbocycles. The molecule has 0 spiro atoms. The van der Waals surface area contributed by atoms with E-state index in [0.717, 1.165) is 0 Å². The number of aliphatic hydroxyl groups is 1. The van der Waals surface area contributed by atoms with E-state index in [2.05, 4.69) is 19.2 Å². The highest BCUT2D eigenvalue weighted by Crippen LogP contribution is 2.17. The highest BCUT2D eigenvalue weighted by Gasteiger charge is 2.15. The lowest BCUT2D eigenvalue weighted by Crippen LogP contribution is -2.41. The second kappa shape index (κ2) is 7.24. The van der Waals surface area contributed by atoms with E-state index in [1.54, 1.807) is 0 Å². The first kappa shape index (κ1) is 13.0. The summed E-state index contributed by atoms with van der Waals surface area (Å²) in [5.74, 6) is 0.317. The first-order valence-corrected chi connectivity index (χ1v) is 6.64. The van der Waals surface area contributed by atoms with Crippen molar-refractivity contribution in [2.24, 2.45) is 5.92 Å². The second-order valence-corrected chi connectivity index (χ2v) is 5.25. The molecule has 0 aromatic rings. The molecule has 1 rings (SSSR count). The zero-order valence-corrected chi connectivity index (χ0v) is 10.3. The maximum Gasteiger partial charge on any atom is 0.107 e. The Morgan fingerprint density at radius 3 is 1.87 bits per heavy atom. The van der Waals surface area contributed by atoms with Gasteiger partial charge in [-0.15, -0.1) is 0 Å². The molecular formula is C13H27NO. The minimum Gasteiger partial charge on any atom is -0.378 e. The van der Waals surface area contributed by atoms with Crippen molar-refractivity contribution in [3.8, 4) is 0 Å². The predicted octanol–water partition coefficient (Wildman–Crippen LogP) is 3.05. The highest BCUT2D eigenvalue weighted by molar-refractivity contribution is 4.71. The maximum absolute atomic E-state index is 9.80. The molecule has 1 saturated carbocycles. The molecule has 0 amide bonds. The zero-order valence-electron chi connectivity index (χ0n) is 10.3. The van der Waals surface area contributed by atoms with Crippen LogP contribution in [0.25, 0.3) is 0 Å². The molecule has 0 heterocycles. The fourth-order valence-electron chi connectivity index (χ4n) is 2.23. The van der Waals surface area contributed by atoms with E-state index in [1.807, 2.05) is 0 Å². The molecule has 0 aromatic heterocycles. The summed E-state index contributed by atoms with van der Waals surface area (Å²) in [6.07, 6.45) is 10.3. The van der Waals surface area contributed by atoms with Gasteiger partial charge in [-0.05, 0) is 18.8 Å². The van der Waals surface area contributed by atoms with Crippen molar-refractivity contribution in [1.29, 1.82) is 0 Å². The van der Waals surface area contributed by atoms with Crippen LogP contribution in [-0.2, 0) is 0 Å². The number of rotatable bonds is 3. The summed E-state index contributed by atoms with van der Waals surface area (Å²) in [4.78, 5) is 0. The van der Waals surface area contributed by atoms with Crippen LogP contribution in [0.2, 0.25) is 0 Å². The highest BCUT2D eigenvalue weighted by atomic mass is 16.3. The van der Waals surface area contributed by atoms with E-state index >= 15 is 0 Å². The van der Waals surface area contributed by atoms with E-state index in [4.69, 9.17) is 0 Å². The van der Waals surface area contributed by atoms with Gasteiger partial charge in [0.25, 0.3) is 0 Å². The molecule has 15 heavy (non-hydrogen) atoms. The molecule has 2 N–H and O–H groups in total. The normalized spacial score (nSPS) is 23.2. The number of hydrogen-bond acceptors (Lipinski definition) is 2. The summed E-state index contributed by atoms with van der Waals surface area (Å²) < 4.78 is 0. The third-order valence-corrected chi connectivity index (χ3v) is 3.39.